The van der Waals surface area contributed by atoms with Crippen LogP contribution in [0.5, 0.6) is 0 Å². The molecule has 1 aromatic rings. The lowest BCUT2D eigenvalue weighted by Gasteiger charge is -2.25. The molecule has 0 bridgehead atoms. The van der Waals surface area contributed by atoms with Crippen molar-refractivity contribution in [3.8, 4) is 0 Å². The minimum Gasteiger partial charge on any atom is -0.385 e. The summed E-state index contributed by atoms with van der Waals surface area (Å²) in [6.45, 7) is 1.74. The van der Waals surface area contributed by atoms with Crippen LogP contribution in [0.25, 0.3) is 0 Å². The van der Waals surface area contributed by atoms with Crippen molar-refractivity contribution in [2.24, 2.45) is 5.73 Å². The van der Waals surface area contributed by atoms with Crippen LogP contribution in [0.2, 0.25) is 0 Å². The minimum atomic E-state index is -1.29. The molecular formula is C11H14FNO2. The van der Waals surface area contributed by atoms with Gasteiger partial charge in [0.1, 0.15) is 5.82 Å². The molecule has 0 saturated heterocycles. The number of carbonyl (C=O) groups excluding carboxylic acids is 1. The molecule has 0 radical (unpaired) electrons. The van der Waals surface area contributed by atoms with Gasteiger partial charge in [-0.25, -0.2) is 4.39 Å². The number of carbonyl (C=O) groups is 1. The third kappa shape index (κ3) is 2.76. The lowest BCUT2D eigenvalue weighted by Crippen LogP contribution is -2.31. The second kappa shape index (κ2) is 4.40. The highest BCUT2D eigenvalue weighted by molar-refractivity contribution is 5.75. The number of hydrogen-bond acceptors (Lipinski definition) is 2. The van der Waals surface area contributed by atoms with Crippen molar-refractivity contribution in [2.75, 3.05) is 0 Å². The second-order valence-corrected chi connectivity index (χ2v) is 3.54. The molecule has 0 spiro atoms. The first kappa shape index (κ1) is 11.7. The van der Waals surface area contributed by atoms with E-state index in [-0.39, 0.29) is 12.2 Å². The molecule has 82 valence electrons. The predicted molar refractivity (Wildman–Crippen MR) is 54.4 cm³/mol. The van der Waals surface area contributed by atoms with E-state index >= 15 is 0 Å². The van der Waals surface area contributed by atoms with Gasteiger partial charge in [-0.2, -0.15) is 0 Å². The fourth-order valence-corrected chi connectivity index (χ4v) is 1.48. The number of amides is 1. The Hall–Kier alpha value is -1.42. The van der Waals surface area contributed by atoms with Crippen molar-refractivity contribution in [3.05, 3.63) is 35.6 Å². The fourth-order valence-electron chi connectivity index (χ4n) is 1.48. The fraction of sp³-hybridized carbons (Fsp3) is 0.364. The van der Waals surface area contributed by atoms with Crippen molar-refractivity contribution >= 4 is 5.91 Å². The number of nitrogens with two attached hydrogens (primary N) is 1. The molecule has 4 heteroatoms. The van der Waals surface area contributed by atoms with Crippen molar-refractivity contribution in [2.45, 2.75) is 25.4 Å². The monoisotopic (exact) mass is 211 g/mol. The van der Waals surface area contributed by atoms with Gasteiger partial charge >= 0.3 is 0 Å². The summed E-state index contributed by atoms with van der Waals surface area (Å²) in [5, 5.41) is 10.1. The van der Waals surface area contributed by atoms with Gasteiger partial charge in [-0.3, -0.25) is 4.79 Å². The summed E-state index contributed by atoms with van der Waals surface area (Å²) < 4.78 is 12.7. The van der Waals surface area contributed by atoms with Crippen LogP contribution in [0.1, 0.15) is 25.3 Å². The highest BCUT2D eigenvalue weighted by atomic mass is 19.1. The van der Waals surface area contributed by atoms with E-state index in [2.05, 4.69) is 0 Å². The molecule has 3 N–H and O–H groups in total. The van der Waals surface area contributed by atoms with Crippen molar-refractivity contribution < 1.29 is 14.3 Å². The van der Waals surface area contributed by atoms with Crippen molar-refractivity contribution in [3.63, 3.8) is 0 Å². The lowest BCUT2D eigenvalue weighted by atomic mass is 9.88. The van der Waals surface area contributed by atoms with E-state index in [0.717, 1.165) is 0 Å². The molecule has 1 atom stereocenters. The van der Waals surface area contributed by atoms with E-state index in [1.54, 1.807) is 6.92 Å². The van der Waals surface area contributed by atoms with E-state index < -0.39 is 11.5 Å². The van der Waals surface area contributed by atoms with Gasteiger partial charge in [0.15, 0.2) is 0 Å². The summed E-state index contributed by atoms with van der Waals surface area (Å²) in [5.41, 5.74) is 4.26. The lowest BCUT2D eigenvalue weighted by molar-refractivity contribution is -0.123. The van der Waals surface area contributed by atoms with Crippen molar-refractivity contribution in [1.29, 1.82) is 0 Å². The van der Waals surface area contributed by atoms with Crippen LogP contribution in [-0.2, 0) is 10.4 Å². The zero-order valence-corrected chi connectivity index (χ0v) is 8.53. The maximum absolute atomic E-state index is 12.7. The van der Waals surface area contributed by atoms with Gasteiger partial charge in [-0.05, 0) is 24.1 Å². The van der Waals surface area contributed by atoms with E-state index in [4.69, 9.17) is 5.73 Å². The quantitative estimate of drug-likeness (QED) is 0.788. The number of halogens is 1. The normalized spacial score (nSPS) is 14.6. The topological polar surface area (TPSA) is 63.3 Å². The molecule has 0 unspecified atom stereocenters. The van der Waals surface area contributed by atoms with Gasteiger partial charge in [0.25, 0.3) is 0 Å². The van der Waals surface area contributed by atoms with E-state index in [9.17, 15) is 14.3 Å². The van der Waals surface area contributed by atoms with Crippen LogP contribution < -0.4 is 5.73 Å². The standard InChI is InChI=1S/C11H14FNO2/c1-2-11(15,7-10(13)14)8-3-5-9(12)6-4-8/h3-6,15H,2,7H2,1H3,(H2,13,14)/t11-/m0/s1. The summed E-state index contributed by atoms with van der Waals surface area (Å²) in [6, 6.07) is 5.41. The Bertz CT molecular complexity index is 350. The van der Waals surface area contributed by atoms with Crippen LogP contribution in [-0.4, -0.2) is 11.0 Å². The Morgan fingerprint density at radius 3 is 2.40 bits per heavy atom. The zero-order valence-electron chi connectivity index (χ0n) is 8.53. The molecule has 0 aliphatic carbocycles. The van der Waals surface area contributed by atoms with Crippen LogP contribution in [0.15, 0.2) is 24.3 Å². The van der Waals surface area contributed by atoms with E-state index in [1.165, 1.54) is 24.3 Å². The first-order valence-electron chi connectivity index (χ1n) is 4.74. The molecule has 0 aliphatic heterocycles. The third-order valence-electron chi connectivity index (χ3n) is 2.43. The molecule has 1 amide bonds. The van der Waals surface area contributed by atoms with Gasteiger partial charge in [0.05, 0.1) is 12.0 Å². The molecule has 0 aliphatic rings. The maximum atomic E-state index is 12.7. The van der Waals surface area contributed by atoms with Crippen molar-refractivity contribution in [1.82, 2.24) is 0 Å². The Kier molecular flexibility index (Phi) is 3.42. The highest BCUT2D eigenvalue weighted by Gasteiger charge is 2.29. The van der Waals surface area contributed by atoms with Gasteiger partial charge in [0, 0.05) is 0 Å². The number of hydrogen-bond donors (Lipinski definition) is 2. The average Bonchev–Trinajstić information content (AvgIpc) is 2.17. The van der Waals surface area contributed by atoms with E-state index in [0.29, 0.717) is 12.0 Å². The Morgan fingerprint density at radius 2 is 2.00 bits per heavy atom. The second-order valence-electron chi connectivity index (χ2n) is 3.54. The largest absolute Gasteiger partial charge is 0.385 e. The van der Waals surface area contributed by atoms with Crippen LogP contribution in [0, 0.1) is 5.82 Å². The average molecular weight is 211 g/mol. The molecule has 0 heterocycles. The Balaban J connectivity index is 3.00. The summed E-state index contributed by atoms with van der Waals surface area (Å²) in [6.07, 6.45) is 0.191. The minimum absolute atomic E-state index is 0.158. The molecular weight excluding hydrogens is 197 g/mol. The Labute approximate surface area is 87.7 Å². The number of primary amides is 1. The third-order valence-corrected chi connectivity index (χ3v) is 2.43. The van der Waals surface area contributed by atoms with Gasteiger partial charge in [-0.15, -0.1) is 0 Å². The molecule has 15 heavy (non-hydrogen) atoms. The smallest absolute Gasteiger partial charge is 0.220 e. The maximum Gasteiger partial charge on any atom is 0.220 e. The molecule has 0 saturated carbocycles. The summed E-state index contributed by atoms with van der Waals surface area (Å²) >= 11 is 0. The van der Waals surface area contributed by atoms with Gasteiger partial charge in [0.2, 0.25) is 5.91 Å². The number of aliphatic hydroxyl groups is 1. The van der Waals surface area contributed by atoms with Gasteiger partial charge < -0.3 is 10.8 Å². The van der Waals surface area contributed by atoms with Crippen LogP contribution >= 0.6 is 0 Å². The summed E-state index contributed by atoms with van der Waals surface area (Å²) in [7, 11) is 0. The van der Waals surface area contributed by atoms with Crippen LogP contribution in [0.3, 0.4) is 0 Å². The molecule has 0 aromatic heterocycles. The zero-order chi connectivity index (χ0) is 11.5. The molecule has 3 nitrogen and oxygen atoms in total. The molecule has 1 rings (SSSR count). The highest BCUT2D eigenvalue weighted by Crippen LogP contribution is 2.28. The van der Waals surface area contributed by atoms with E-state index in [1.807, 2.05) is 0 Å². The number of benzene rings is 1. The predicted octanol–water partition coefficient (Wildman–Crippen LogP) is 1.30. The summed E-state index contributed by atoms with van der Waals surface area (Å²) in [4.78, 5) is 10.8. The molecule has 1 aromatic carbocycles. The first-order valence-corrected chi connectivity index (χ1v) is 4.74. The first-order chi connectivity index (χ1) is 6.98. The molecule has 0 fully saturated rings. The van der Waals surface area contributed by atoms with Crippen LogP contribution in [0.4, 0.5) is 4.39 Å². The number of rotatable bonds is 4. The van der Waals surface area contributed by atoms with Gasteiger partial charge in [-0.1, -0.05) is 19.1 Å². The summed E-state index contributed by atoms with van der Waals surface area (Å²) in [5.74, 6) is -0.958. The Morgan fingerprint density at radius 1 is 1.47 bits per heavy atom. The SMILES string of the molecule is CC[C@](O)(CC(N)=O)c1ccc(F)cc1.